The molecule has 0 saturated heterocycles. The largest absolute Gasteiger partial charge is 0.451 e. The Labute approximate surface area is 117 Å². The fourth-order valence-electron chi connectivity index (χ4n) is 1.93. The molecule has 0 amide bonds. The van der Waals surface area contributed by atoms with Gasteiger partial charge in [0.15, 0.2) is 6.10 Å². The number of aliphatic hydroxyl groups is 2. The summed E-state index contributed by atoms with van der Waals surface area (Å²) in [6, 6.07) is 15.7. The fraction of sp³-hybridized carbons (Fsp3) is 0.188. The maximum Gasteiger partial charge on any atom is 0.339 e. The van der Waals surface area contributed by atoms with Crippen LogP contribution in [0.5, 0.6) is 0 Å². The van der Waals surface area contributed by atoms with E-state index in [1.807, 2.05) is 18.2 Å². The molecule has 2 aromatic rings. The Morgan fingerprint density at radius 2 is 1.65 bits per heavy atom. The molecule has 0 aliphatic carbocycles. The molecule has 0 aliphatic rings. The molecule has 104 valence electrons. The summed E-state index contributed by atoms with van der Waals surface area (Å²) in [5, 5.41) is 18.6. The van der Waals surface area contributed by atoms with Crippen molar-refractivity contribution in [2.24, 2.45) is 0 Å². The van der Waals surface area contributed by atoms with Crippen molar-refractivity contribution in [3.8, 4) is 0 Å². The minimum atomic E-state index is -0.713. The van der Waals surface area contributed by atoms with Gasteiger partial charge >= 0.3 is 5.97 Å². The lowest BCUT2D eigenvalue weighted by Gasteiger charge is -2.16. The predicted molar refractivity (Wildman–Crippen MR) is 74.0 cm³/mol. The van der Waals surface area contributed by atoms with Crippen molar-refractivity contribution in [2.45, 2.75) is 12.7 Å². The van der Waals surface area contributed by atoms with E-state index in [2.05, 4.69) is 0 Å². The average Bonchev–Trinajstić information content (AvgIpc) is 2.53. The summed E-state index contributed by atoms with van der Waals surface area (Å²) in [6.45, 7) is -0.530. The van der Waals surface area contributed by atoms with E-state index in [1.165, 1.54) is 0 Å². The molecule has 1 unspecified atom stereocenters. The van der Waals surface area contributed by atoms with E-state index in [9.17, 15) is 15.0 Å². The quantitative estimate of drug-likeness (QED) is 0.818. The van der Waals surface area contributed by atoms with E-state index in [0.29, 0.717) is 11.1 Å². The van der Waals surface area contributed by atoms with Crippen LogP contribution in [0.3, 0.4) is 0 Å². The second-order valence-electron chi connectivity index (χ2n) is 4.30. The normalized spacial score (nSPS) is 11.9. The highest BCUT2D eigenvalue weighted by molar-refractivity contribution is 5.91. The molecule has 2 rings (SSSR count). The lowest BCUT2D eigenvalue weighted by atomic mass is 10.1. The smallest absolute Gasteiger partial charge is 0.339 e. The van der Waals surface area contributed by atoms with Crippen LogP contribution in [0.15, 0.2) is 54.6 Å². The molecule has 4 nitrogen and oxygen atoms in total. The lowest BCUT2D eigenvalue weighted by molar-refractivity contribution is 0.0130. The monoisotopic (exact) mass is 272 g/mol. The Bertz CT molecular complexity index is 566. The number of aliphatic hydroxyl groups excluding tert-OH is 2. The highest BCUT2D eigenvalue weighted by atomic mass is 16.6. The molecule has 0 fully saturated rings. The van der Waals surface area contributed by atoms with Gasteiger partial charge in [-0.3, -0.25) is 0 Å². The minimum Gasteiger partial charge on any atom is -0.451 e. The molecular weight excluding hydrogens is 256 g/mol. The second-order valence-corrected chi connectivity index (χ2v) is 4.30. The number of hydrogen-bond donors (Lipinski definition) is 2. The van der Waals surface area contributed by atoms with Crippen molar-refractivity contribution in [2.75, 3.05) is 6.61 Å². The maximum absolute atomic E-state index is 12.1. The van der Waals surface area contributed by atoms with Crippen LogP contribution in [0.25, 0.3) is 0 Å². The van der Waals surface area contributed by atoms with Gasteiger partial charge in [0.2, 0.25) is 0 Å². The molecule has 4 heteroatoms. The highest BCUT2D eigenvalue weighted by Gasteiger charge is 2.18. The molecule has 0 spiro atoms. The Morgan fingerprint density at radius 1 is 1.00 bits per heavy atom. The summed E-state index contributed by atoms with van der Waals surface area (Å²) >= 11 is 0. The first-order valence-electron chi connectivity index (χ1n) is 6.31. The minimum absolute atomic E-state index is 0.236. The summed E-state index contributed by atoms with van der Waals surface area (Å²) in [6.07, 6.45) is -0.713. The second kappa shape index (κ2) is 6.84. The third-order valence-electron chi connectivity index (χ3n) is 2.99. The first kappa shape index (κ1) is 14.2. The van der Waals surface area contributed by atoms with Crippen LogP contribution >= 0.6 is 0 Å². The molecular formula is C16H16O4. The summed E-state index contributed by atoms with van der Waals surface area (Å²) < 4.78 is 5.31. The Morgan fingerprint density at radius 3 is 2.30 bits per heavy atom. The third-order valence-corrected chi connectivity index (χ3v) is 2.99. The first-order valence-corrected chi connectivity index (χ1v) is 6.31. The number of carbonyl (C=O) groups is 1. The van der Waals surface area contributed by atoms with Gasteiger partial charge in [-0.25, -0.2) is 4.79 Å². The first-order chi connectivity index (χ1) is 9.76. The van der Waals surface area contributed by atoms with Gasteiger partial charge in [0, 0.05) is 0 Å². The van der Waals surface area contributed by atoms with Crippen molar-refractivity contribution >= 4 is 5.97 Å². The van der Waals surface area contributed by atoms with Gasteiger partial charge in [-0.1, -0.05) is 48.5 Å². The van der Waals surface area contributed by atoms with Gasteiger partial charge in [0.25, 0.3) is 0 Å². The van der Waals surface area contributed by atoms with Gasteiger partial charge in [-0.2, -0.15) is 0 Å². The lowest BCUT2D eigenvalue weighted by Crippen LogP contribution is -2.16. The zero-order valence-electron chi connectivity index (χ0n) is 10.9. The van der Waals surface area contributed by atoms with E-state index in [-0.39, 0.29) is 13.2 Å². The van der Waals surface area contributed by atoms with Crippen molar-refractivity contribution < 1.29 is 19.7 Å². The summed E-state index contributed by atoms with van der Waals surface area (Å²) in [5.74, 6) is -0.558. The Kier molecular flexibility index (Phi) is 4.87. The topological polar surface area (TPSA) is 66.8 Å². The van der Waals surface area contributed by atoms with E-state index < -0.39 is 12.1 Å². The molecule has 0 saturated carbocycles. The zero-order valence-corrected chi connectivity index (χ0v) is 10.9. The number of esters is 1. The molecule has 0 aromatic heterocycles. The van der Waals surface area contributed by atoms with Crippen LogP contribution < -0.4 is 0 Å². The molecule has 0 aliphatic heterocycles. The third kappa shape index (κ3) is 3.23. The molecule has 2 aromatic carbocycles. The van der Waals surface area contributed by atoms with Gasteiger partial charge in [0.05, 0.1) is 18.8 Å². The molecule has 20 heavy (non-hydrogen) atoms. The van der Waals surface area contributed by atoms with E-state index in [4.69, 9.17) is 4.74 Å². The summed E-state index contributed by atoms with van der Waals surface area (Å²) in [5.41, 5.74) is 1.54. The summed E-state index contributed by atoms with van der Waals surface area (Å²) in [7, 11) is 0. The molecule has 0 radical (unpaired) electrons. The number of carbonyl (C=O) groups excluding carboxylic acids is 1. The van der Waals surface area contributed by atoms with Crippen LogP contribution in [0.4, 0.5) is 0 Å². The molecule has 0 bridgehead atoms. The van der Waals surface area contributed by atoms with Gasteiger partial charge in [-0.05, 0) is 17.2 Å². The predicted octanol–water partition coefficient (Wildman–Crippen LogP) is 2.07. The number of benzene rings is 2. The van der Waals surface area contributed by atoms with Crippen LogP contribution in [-0.4, -0.2) is 22.8 Å². The van der Waals surface area contributed by atoms with Gasteiger partial charge in [-0.15, -0.1) is 0 Å². The molecule has 2 N–H and O–H groups in total. The standard InChI is InChI=1S/C16H16O4/c17-10-13-8-4-5-9-14(13)16(19)20-15(11-18)12-6-2-1-3-7-12/h1-9,15,17-18H,10-11H2. The highest BCUT2D eigenvalue weighted by Crippen LogP contribution is 2.20. The molecule has 0 heterocycles. The van der Waals surface area contributed by atoms with Crippen molar-refractivity contribution in [3.05, 3.63) is 71.3 Å². The number of ether oxygens (including phenoxy) is 1. The Balaban J connectivity index is 2.18. The van der Waals surface area contributed by atoms with Crippen LogP contribution in [0, 0.1) is 0 Å². The number of hydrogen-bond acceptors (Lipinski definition) is 4. The van der Waals surface area contributed by atoms with E-state index >= 15 is 0 Å². The number of rotatable bonds is 5. The summed E-state index contributed by atoms with van der Waals surface area (Å²) in [4.78, 5) is 12.1. The van der Waals surface area contributed by atoms with Crippen LogP contribution in [0.2, 0.25) is 0 Å². The van der Waals surface area contributed by atoms with Crippen molar-refractivity contribution in [1.29, 1.82) is 0 Å². The fourth-order valence-corrected chi connectivity index (χ4v) is 1.93. The van der Waals surface area contributed by atoms with Gasteiger partial charge < -0.3 is 14.9 Å². The van der Waals surface area contributed by atoms with Crippen LogP contribution in [0.1, 0.15) is 27.6 Å². The SMILES string of the molecule is O=C(OC(CO)c1ccccc1)c1ccccc1CO. The van der Waals surface area contributed by atoms with Crippen molar-refractivity contribution in [1.82, 2.24) is 0 Å². The molecule has 1 atom stereocenters. The van der Waals surface area contributed by atoms with Crippen LogP contribution in [-0.2, 0) is 11.3 Å². The average molecular weight is 272 g/mol. The van der Waals surface area contributed by atoms with Gasteiger partial charge in [0.1, 0.15) is 0 Å². The zero-order chi connectivity index (χ0) is 14.4. The van der Waals surface area contributed by atoms with Crippen molar-refractivity contribution in [3.63, 3.8) is 0 Å². The van der Waals surface area contributed by atoms with E-state index in [1.54, 1.807) is 36.4 Å². The maximum atomic E-state index is 12.1. The Hall–Kier alpha value is -2.17. The van der Waals surface area contributed by atoms with E-state index in [0.717, 1.165) is 5.56 Å².